The van der Waals surface area contributed by atoms with Crippen molar-refractivity contribution in [2.24, 2.45) is 0 Å². The molecule has 0 heterocycles. The minimum Gasteiger partial charge on any atom is -0.347 e. The number of hydrogen-bond donors (Lipinski definition) is 2. The number of halogens is 1. The molecular weight excluding hydrogens is 290 g/mol. The summed E-state index contributed by atoms with van der Waals surface area (Å²) in [6.45, 7) is 3.78. The molecule has 0 bridgehead atoms. The van der Waals surface area contributed by atoms with Gasteiger partial charge in [-0.05, 0) is 31.5 Å². The lowest BCUT2D eigenvalue weighted by atomic mass is 10.1. The Morgan fingerprint density at radius 3 is 2.29 bits per heavy atom. The molecule has 1 rings (SSSR count). The molecule has 0 saturated heterocycles. The Morgan fingerprint density at radius 2 is 1.76 bits per heavy atom. The van der Waals surface area contributed by atoms with E-state index in [2.05, 4.69) is 10.6 Å². The predicted molar refractivity (Wildman–Crippen MR) is 84.2 cm³/mol. The zero-order chi connectivity index (χ0) is 16.0. The predicted octanol–water partition coefficient (Wildman–Crippen LogP) is 1.58. The fourth-order valence-electron chi connectivity index (χ4n) is 1.86. The Labute approximate surface area is 130 Å². The van der Waals surface area contributed by atoms with Crippen LogP contribution in [-0.4, -0.2) is 43.4 Å². The molecule has 2 unspecified atom stereocenters. The van der Waals surface area contributed by atoms with Crippen LogP contribution < -0.4 is 10.6 Å². The minimum atomic E-state index is -0.528. The molecule has 2 atom stereocenters. The number of likely N-dealkylation sites (N-methyl/N-ethyl adjacent to an activating group) is 1. The van der Waals surface area contributed by atoms with E-state index in [1.807, 2.05) is 31.2 Å². The monoisotopic (exact) mass is 311 g/mol. The number of hydrogen-bond acceptors (Lipinski definition) is 3. The second-order valence-electron chi connectivity index (χ2n) is 5.18. The molecule has 5 nitrogen and oxygen atoms in total. The highest BCUT2D eigenvalue weighted by atomic mass is 35.5. The van der Waals surface area contributed by atoms with Gasteiger partial charge in [0.1, 0.15) is 6.04 Å². The van der Waals surface area contributed by atoms with Crippen molar-refractivity contribution in [1.82, 2.24) is 15.5 Å². The summed E-state index contributed by atoms with van der Waals surface area (Å²) in [6.07, 6.45) is 0. The van der Waals surface area contributed by atoms with Crippen LogP contribution in [-0.2, 0) is 9.59 Å². The summed E-state index contributed by atoms with van der Waals surface area (Å²) in [5.41, 5.74) is 1.05. The van der Waals surface area contributed by atoms with E-state index in [0.717, 1.165) is 5.56 Å². The fourth-order valence-corrected chi connectivity index (χ4v) is 1.98. The SMILES string of the molecule is CC(NC(=O)CNC(C)c1ccc(Cl)cc1)C(=O)N(C)C. The van der Waals surface area contributed by atoms with Crippen LogP contribution in [0, 0.1) is 0 Å². The molecule has 116 valence electrons. The highest BCUT2D eigenvalue weighted by molar-refractivity contribution is 6.30. The van der Waals surface area contributed by atoms with Crippen molar-refractivity contribution in [2.45, 2.75) is 25.9 Å². The van der Waals surface area contributed by atoms with E-state index < -0.39 is 6.04 Å². The van der Waals surface area contributed by atoms with E-state index in [-0.39, 0.29) is 24.4 Å². The van der Waals surface area contributed by atoms with Gasteiger partial charge in [-0.2, -0.15) is 0 Å². The molecule has 0 saturated carbocycles. The van der Waals surface area contributed by atoms with Gasteiger partial charge in [-0.1, -0.05) is 23.7 Å². The maximum Gasteiger partial charge on any atom is 0.244 e. The van der Waals surface area contributed by atoms with Crippen molar-refractivity contribution in [3.05, 3.63) is 34.9 Å². The van der Waals surface area contributed by atoms with Crippen molar-refractivity contribution in [1.29, 1.82) is 0 Å². The first-order valence-electron chi connectivity index (χ1n) is 6.80. The largest absolute Gasteiger partial charge is 0.347 e. The van der Waals surface area contributed by atoms with Crippen molar-refractivity contribution in [2.75, 3.05) is 20.6 Å². The van der Waals surface area contributed by atoms with Crippen molar-refractivity contribution in [3.63, 3.8) is 0 Å². The summed E-state index contributed by atoms with van der Waals surface area (Å²) in [4.78, 5) is 24.9. The molecule has 2 amide bonds. The van der Waals surface area contributed by atoms with E-state index >= 15 is 0 Å². The summed E-state index contributed by atoms with van der Waals surface area (Å²) in [5.74, 6) is -0.340. The zero-order valence-electron chi connectivity index (χ0n) is 12.8. The zero-order valence-corrected chi connectivity index (χ0v) is 13.6. The maximum atomic E-state index is 11.8. The Kier molecular flexibility index (Phi) is 6.65. The topological polar surface area (TPSA) is 61.4 Å². The van der Waals surface area contributed by atoms with E-state index in [9.17, 15) is 9.59 Å². The third kappa shape index (κ3) is 5.73. The summed E-state index contributed by atoms with van der Waals surface area (Å²) in [6, 6.07) is 6.94. The smallest absolute Gasteiger partial charge is 0.244 e. The van der Waals surface area contributed by atoms with Crippen molar-refractivity contribution in [3.8, 4) is 0 Å². The second kappa shape index (κ2) is 8.00. The lowest BCUT2D eigenvalue weighted by Crippen LogP contribution is -2.47. The van der Waals surface area contributed by atoms with Crippen LogP contribution in [0.4, 0.5) is 0 Å². The molecule has 0 spiro atoms. The van der Waals surface area contributed by atoms with Gasteiger partial charge in [-0.3, -0.25) is 9.59 Å². The quantitative estimate of drug-likeness (QED) is 0.838. The molecule has 2 N–H and O–H groups in total. The third-order valence-corrected chi connectivity index (χ3v) is 3.38. The van der Waals surface area contributed by atoms with Gasteiger partial charge in [0.05, 0.1) is 6.54 Å². The van der Waals surface area contributed by atoms with Gasteiger partial charge in [-0.15, -0.1) is 0 Å². The summed E-state index contributed by atoms with van der Waals surface area (Å²) < 4.78 is 0. The molecule has 21 heavy (non-hydrogen) atoms. The Morgan fingerprint density at radius 1 is 1.19 bits per heavy atom. The number of nitrogens with one attached hydrogen (secondary N) is 2. The molecular formula is C15H22ClN3O2. The average Bonchev–Trinajstić information content (AvgIpc) is 2.44. The molecule has 0 aromatic heterocycles. The van der Waals surface area contributed by atoms with Gasteiger partial charge in [-0.25, -0.2) is 0 Å². The number of carbonyl (C=O) groups excluding carboxylic acids is 2. The van der Waals surface area contributed by atoms with Gasteiger partial charge < -0.3 is 15.5 Å². The van der Waals surface area contributed by atoms with Crippen LogP contribution in [0.3, 0.4) is 0 Å². The maximum absolute atomic E-state index is 11.8. The van der Waals surface area contributed by atoms with Crippen LogP contribution in [0.1, 0.15) is 25.5 Å². The van der Waals surface area contributed by atoms with Crippen LogP contribution in [0.2, 0.25) is 5.02 Å². The first kappa shape index (κ1) is 17.5. The number of benzene rings is 1. The van der Waals surface area contributed by atoms with E-state index in [1.54, 1.807) is 21.0 Å². The van der Waals surface area contributed by atoms with Gasteiger partial charge in [0, 0.05) is 25.2 Å². The normalized spacial score (nSPS) is 13.4. The molecule has 6 heteroatoms. The van der Waals surface area contributed by atoms with Crippen LogP contribution >= 0.6 is 11.6 Å². The van der Waals surface area contributed by atoms with Gasteiger partial charge in [0.15, 0.2) is 0 Å². The lowest BCUT2D eigenvalue weighted by Gasteiger charge is -2.19. The lowest BCUT2D eigenvalue weighted by molar-refractivity contribution is -0.133. The molecule has 0 aliphatic rings. The first-order valence-corrected chi connectivity index (χ1v) is 7.18. The molecule has 1 aromatic carbocycles. The van der Waals surface area contributed by atoms with Gasteiger partial charge in [0.2, 0.25) is 11.8 Å². The Hall–Kier alpha value is -1.59. The summed E-state index contributed by atoms with van der Waals surface area (Å²) in [5, 5.41) is 6.46. The van der Waals surface area contributed by atoms with Crippen molar-refractivity contribution < 1.29 is 9.59 Å². The van der Waals surface area contributed by atoms with Gasteiger partial charge in [0.25, 0.3) is 0 Å². The molecule has 1 aromatic rings. The fraction of sp³-hybridized carbons (Fsp3) is 0.467. The molecule has 0 aliphatic heterocycles. The highest BCUT2D eigenvalue weighted by Gasteiger charge is 2.17. The standard InChI is InChI=1S/C15H22ClN3O2/c1-10(12-5-7-13(16)8-6-12)17-9-14(20)18-11(2)15(21)19(3)4/h5-8,10-11,17H,9H2,1-4H3,(H,18,20). The first-order chi connectivity index (χ1) is 9.81. The Balaban J connectivity index is 2.42. The van der Waals surface area contributed by atoms with E-state index in [1.165, 1.54) is 4.90 Å². The van der Waals surface area contributed by atoms with Crippen LogP contribution in [0.15, 0.2) is 24.3 Å². The second-order valence-corrected chi connectivity index (χ2v) is 5.61. The Bertz CT molecular complexity index is 488. The summed E-state index contributed by atoms with van der Waals surface area (Å²) >= 11 is 5.84. The molecule has 0 radical (unpaired) electrons. The van der Waals surface area contributed by atoms with Crippen LogP contribution in [0.5, 0.6) is 0 Å². The number of nitrogens with zero attached hydrogens (tertiary/aromatic N) is 1. The van der Waals surface area contributed by atoms with E-state index in [4.69, 9.17) is 11.6 Å². The third-order valence-electron chi connectivity index (χ3n) is 3.13. The molecule has 0 fully saturated rings. The average molecular weight is 312 g/mol. The van der Waals surface area contributed by atoms with Crippen molar-refractivity contribution >= 4 is 23.4 Å². The minimum absolute atomic E-state index is 0.0212. The number of amides is 2. The van der Waals surface area contributed by atoms with E-state index in [0.29, 0.717) is 5.02 Å². The number of rotatable bonds is 6. The van der Waals surface area contributed by atoms with Gasteiger partial charge >= 0.3 is 0 Å². The molecule has 0 aliphatic carbocycles. The highest BCUT2D eigenvalue weighted by Crippen LogP contribution is 2.15. The number of carbonyl (C=O) groups is 2. The van der Waals surface area contributed by atoms with Crippen LogP contribution in [0.25, 0.3) is 0 Å². The summed E-state index contributed by atoms with van der Waals surface area (Å²) in [7, 11) is 3.32.